The number of benzene rings is 1. The number of amides is 3. The molecule has 0 spiro atoms. The zero-order valence-electron chi connectivity index (χ0n) is 30.0. The molecule has 1 aliphatic heterocycles. The van der Waals surface area contributed by atoms with Crippen molar-refractivity contribution in [1.29, 1.82) is 0 Å². The van der Waals surface area contributed by atoms with E-state index in [2.05, 4.69) is 48.7 Å². The van der Waals surface area contributed by atoms with Crippen LogP contribution in [0.5, 0.6) is 0 Å². The minimum atomic E-state index is -0.884. The minimum Gasteiger partial charge on any atom is -0.444 e. The molecular weight excluding hydrogens is 578 g/mol. The van der Waals surface area contributed by atoms with Crippen molar-refractivity contribution in [3.05, 3.63) is 35.4 Å². The van der Waals surface area contributed by atoms with Crippen molar-refractivity contribution in [1.82, 2.24) is 15.5 Å². The first kappa shape index (κ1) is 36.4. The van der Waals surface area contributed by atoms with Gasteiger partial charge in [-0.25, -0.2) is 4.79 Å². The van der Waals surface area contributed by atoms with Crippen LogP contribution in [-0.4, -0.2) is 58.4 Å². The first-order valence-electron chi connectivity index (χ1n) is 18.0. The fraction of sp³-hybridized carbons (Fsp3) is 0.763. The molecule has 5 atom stereocenters. The van der Waals surface area contributed by atoms with E-state index in [1.54, 1.807) is 4.90 Å². The van der Waals surface area contributed by atoms with Gasteiger partial charge in [-0.2, -0.15) is 0 Å². The number of nitrogens with one attached hydrogen (secondary N) is 2. The Bertz CT molecular complexity index is 1180. The number of hydrogen-bond donors (Lipinski definition) is 2. The Labute approximate surface area is 278 Å². The molecule has 0 radical (unpaired) electrons. The van der Waals surface area contributed by atoms with Gasteiger partial charge in [0.1, 0.15) is 11.3 Å². The Kier molecular flexibility index (Phi) is 12.0. The number of imide groups is 1. The highest BCUT2D eigenvalue weighted by atomic mass is 16.6. The van der Waals surface area contributed by atoms with E-state index in [0.717, 1.165) is 38.5 Å². The van der Waals surface area contributed by atoms with Crippen molar-refractivity contribution < 1.29 is 23.9 Å². The molecule has 1 aromatic rings. The van der Waals surface area contributed by atoms with Gasteiger partial charge in [-0.05, 0) is 89.2 Å². The van der Waals surface area contributed by atoms with Crippen molar-refractivity contribution in [3.8, 4) is 0 Å². The third-order valence-corrected chi connectivity index (χ3v) is 10.5. The predicted molar refractivity (Wildman–Crippen MR) is 182 cm³/mol. The molecule has 258 valence electrons. The zero-order chi connectivity index (χ0) is 33.8. The van der Waals surface area contributed by atoms with Crippen LogP contribution in [0.15, 0.2) is 24.3 Å². The third-order valence-electron chi connectivity index (χ3n) is 10.5. The average Bonchev–Trinajstić information content (AvgIpc) is 3.50. The van der Waals surface area contributed by atoms with E-state index >= 15 is 0 Å². The summed E-state index contributed by atoms with van der Waals surface area (Å²) >= 11 is 0. The largest absolute Gasteiger partial charge is 0.444 e. The second-order valence-corrected chi connectivity index (χ2v) is 16.1. The summed E-state index contributed by atoms with van der Waals surface area (Å²) in [6, 6.07) is 7.92. The Morgan fingerprint density at radius 3 is 2.15 bits per heavy atom. The van der Waals surface area contributed by atoms with E-state index in [9.17, 15) is 14.4 Å². The summed E-state index contributed by atoms with van der Waals surface area (Å²) in [5.41, 5.74) is 1.12. The van der Waals surface area contributed by atoms with Crippen LogP contribution in [0.1, 0.15) is 125 Å². The molecule has 1 heterocycles. The third kappa shape index (κ3) is 9.12. The number of fused-ring (bicyclic) bond motifs is 1. The predicted octanol–water partition coefficient (Wildman–Crippen LogP) is 7.17. The van der Waals surface area contributed by atoms with Crippen LogP contribution >= 0.6 is 0 Å². The molecule has 46 heavy (non-hydrogen) atoms. The van der Waals surface area contributed by atoms with E-state index in [0.29, 0.717) is 12.3 Å². The van der Waals surface area contributed by atoms with Gasteiger partial charge < -0.3 is 14.8 Å². The monoisotopic (exact) mass is 639 g/mol. The van der Waals surface area contributed by atoms with Crippen molar-refractivity contribution in [2.24, 2.45) is 23.7 Å². The second kappa shape index (κ2) is 15.2. The molecule has 0 bridgehead atoms. The van der Waals surface area contributed by atoms with Crippen LogP contribution in [0.3, 0.4) is 0 Å². The van der Waals surface area contributed by atoms with E-state index in [4.69, 9.17) is 9.47 Å². The van der Waals surface area contributed by atoms with Crippen molar-refractivity contribution in [3.63, 3.8) is 0 Å². The van der Waals surface area contributed by atoms with Crippen LogP contribution in [0.4, 0.5) is 4.79 Å². The van der Waals surface area contributed by atoms with Gasteiger partial charge in [-0.3, -0.25) is 19.8 Å². The van der Waals surface area contributed by atoms with Gasteiger partial charge in [0.15, 0.2) is 0 Å². The number of hydrogen-bond acceptors (Lipinski definition) is 6. The van der Waals surface area contributed by atoms with Crippen LogP contribution in [-0.2, 0) is 31.9 Å². The summed E-state index contributed by atoms with van der Waals surface area (Å²) in [5.74, 6) is -0.438. The number of carbonyl (C=O) groups excluding carboxylic acids is 3. The van der Waals surface area contributed by atoms with Gasteiger partial charge in [0.2, 0.25) is 11.8 Å². The van der Waals surface area contributed by atoms with Gasteiger partial charge in [0.05, 0.1) is 18.2 Å². The SMILES string of the molecule is CC[C@H](C)[C@H](NC1Cc2ccccc2C1)C(=O)NC(=O)[C@@H](C[C@@H]1OC(C)(C)N(C(=O)OC(C)(C)C)[C@H]1CC1CCCCC1)C(C)C. The Hall–Kier alpha value is -2.45. The molecular formula is C38H61N3O5. The van der Waals surface area contributed by atoms with Crippen molar-refractivity contribution >= 4 is 17.9 Å². The maximum atomic E-state index is 14.0. The minimum absolute atomic E-state index is 0.0234. The van der Waals surface area contributed by atoms with Gasteiger partial charge in [-0.15, -0.1) is 0 Å². The fourth-order valence-electron chi connectivity index (χ4n) is 7.85. The lowest BCUT2D eigenvalue weighted by Crippen LogP contribution is -2.54. The summed E-state index contributed by atoms with van der Waals surface area (Å²) < 4.78 is 12.5. The number of carbonyl (C=O) groups is 3. The lowest BCUT2D eigenvalue weighted by atomic mass is 9.81. The lowest BCUT2D eigenvalue weighted by molar-refractivity contribution is -0.137. The highest BCUT2D eigenvalue weighted by Crippen LogP contribution is 2.42. The van der Waals surface area contributed by atoms with Crippen LogP contribution in [0.2, 0.25) is 0 Å². The second-order valence-electron chi connectivity index (χ2n) is 16.1. The molecule has 2 fully saturated rings. The highest BCUT2D eigenvalue weighted by molar-refractivity contribution is 5.99. The maximum absolute atomic E-state index is 14.0. The van der Waals surface area contributed by atoms with Crippen LogP contribution in [0, 0.1) is 23.7 Å². The van der Waals surface area contributed by atoms with Gasteiger partial charge in [0.25, 0.3) is 0 Å². The number of rotatable bonds is 11. The van der Waals surface area contributed by atoms with E-state index < -0.39 is 23.3 Å². The summed E-state index contributed by atoms with van der Waals surface area (Å²) in [4.78, 5) is 43.2. The van der Waals surface area contributed by atoms with E-state index in [-0.39, 0.29) is 47.9 Å². The molecule has 0 aromatic heterocycles. The molecule has 2 aliphatic carbocycles. The van der Waals surface area contributed by atoms with E-state index in [1.807, 2.05) is 48.5 Å². The molecule has 1 aromatic carbocycles. The number of nitrogens with zero attached hydrogens (tertiary/aromatic N) is 1. The Morgan fingerprint density at radius 2 is 1.61 bits per heavy atom. The molecule has 1 saturated carbocycles. The summed E-state index contributed by atoms with van der Waals surface area (Å²) in [6.45, 7) is 17.7. The molecule has 1 saturated heterocycles. The molecule has 4 rings (SSSR count). The molecule has 2 N–H and O–H groups in total. The Balaban J connectivity index is 1.50. The van der Waals surface area contributed by atoms with Gasteiger partial charge in [0, 0.05) is 12.0 Å². The highest BCUT2D eigenvalue weighted by Gasteiger charge is 2.52. The molecule has 8 heteroatoms. The normalized spacial score (nSPS) is 24.0. The topological polar surface area (TPSA) is 97.0 Å². The van der Waals surface area contributed by atoms with Crippen molar-refractivity contribution in [2.75, 3.05) is 0 Å². The van der Waals surface area contributed by atoms with Crippen LogP contribution < -0.4 is 10.6 Å². The van der Waals surface area contributed by atoms with Crippen molar-refractivity contribution in [2.45, 2.75) is 162 Å². The Morgan fingerprint density at radius 1 is 1.00 bits per heavy atom. The molecule has 3 amide bonds. The molecule has 3 aliphatic rings. The standard InChI is InChI=1S/C38H61N3O5/c1-10-25(4)33(39-29-21-27-18-14-15-19-28(27)22-29)35(43)40-34(42)30(24(2)3)23-32-31(20-26-16-12-11-13-17-26)41(38(8,9)45-32)36(44)46-37(5,6)7/h14-15,18-19,24-26,29-33,39H,10-13,16-17,20-23H2,1-9H3,(H,40,42,43)/t25-,30-,31-,32-,33-/m0/s1. The molecule has 0 unspecified atom stereocenters. The summed E-state index contributed by atoms with van der Waals surface area (Å²) in [7, 11) is 0. The average molecular weight is 640 g/mol. The van der Waals surface area contributed by atoms with Gasteiger partial charge >= 0.3 is 6.09 Å². The fourth-order valence-corrected chi connectivity index (χ4v) is 7.85. The summed E-state index contributed by atoms with van der Waals surface area (Å²) in [5, 5.41) is 6.44. The van der Waals surface area contributed by atoms with Crippen LogP contribution in [0.25, 0.3) is 0 Å². The first-order valence-corrected chi connectivity index (χ1v) is 18.0. The van der Waals surface area contributed by atoms with Gasteiger partial charge in [-0.1, -0.05) is 90.5 Å². The quantitative estimate of drug-likeness (QED) is 0.266. The lowest BCUT2D eigenvalue weighted by Gasteiger charge is -2.37. The molecule has 8 nitrogen and oxygen atoms in total. The zero-order valence-corrected chi connectivity index (χ0v) is 30.0. The smallest absolute Gasteiger partial charge is 0.412 e. The van der Waals surface area contributed by atoms with E-state index in [1.165, 1.54) is 30.4 Å². The maximum Gasteiger partial charge on any atom is 0.412 e. The number of ether oxygens (including phenoxy) is 2. The first-order chi connectivity index (χ1) is 21.6. The summed E-state index contributed by atoms with van der Waals surface area (Å²) in [6.07, 6.45) is 9.05.